The van der Waals surface area contributed by atoms with Crippen molar-refractivity contribution < 1.29 is 23.1 Å². The van der Waals surface area contributed by atoms with Gasteiger partial charge in [0.15, 0.2) is 18.2 Å². The number of anilines is 1. The summed E-state index contributed by atoms with van der Waals surface area (Å²) in [6.45, 7) is 1.58. The van der Waals surface area contributed by atoms with E-state index in [2.05, 4.69) is 10.6 Å². The van der Waals surface area contributed by atoms with Gasteiger partial charge in [-0.1, -0.05) is 6.07 Å². The summed E-state index contributed by atoms with van der Waals surface area (Å²) in [5.41, 5.74) is 0.953. The van der Waals surface area contributed by atoms with Gasteiger partial charge in [-0.3, -0.25) is 4.79 Å². The van der Waals surface area contributed by atoms with Crippen LogP contribution in [0, 0.1) is 11.6 Å². The number of nitrogens with one attached hydrogen (secondary N) is 2. The molecule has 0 heterocycles. The van der Waals surface area contributed by atoms with Gasteiger partial charge in [0.1, 0.15) is 5.75 Å². The number of nitrogens with zero attached hydrogens (tertiary/aromatic N) is 1. The van der Waals surface area contributed by atoms with Crippen LogP contribution < -0.4 is 15.4 Å². The normalized spacial score (nSPS) is 11.4. The minimum absolute atomic E-state index is 0.0774. The van der Waals surface area contributed by atoms with Crippen molar-refractivity contribution in [3.8, 4) is 5.75 Å². The summed E-state index contributed by atoms with van der Waals surface area (Å²) in [7, 11) is 3.28. The molecule has 0 unspecified atom stereocenters. The summed E-state index contributed by atoms with van der Waals surface area (Å²) in [5.74, 6) is -1.58. The van der Waals surface area contributed by atoms with Gasteiger partial charge in [-0.25, -0.2) is 13.6 Å². The molecule has 6 nitrogen and oxygen atoms in total. The van der Waals surface area contributed by atoms with Gasteiger partial charge in [0.05, 0.1) is 6.04 Å². The minimum atomic E-state index is -0.968. The van der Waals surface area contributed by atoms with E-state index < -0.39 is 23.7 Å². The van der Waals surface area contributed by atoms with Crippen LogP contribution in [0.25, 0.3) is 0 Å². The third-order valence-electron chi connectivity index (χ3n) is 3.76. The zero-order valence-electron chi connectivity index (χ0n) is 15.3. The van der Waals surface area contributed by atoms with Gasteiger partial charge >= 0.3 is 6.03 Å². The lowest BCUT2D eigenvalue weighted by atomic mass is 10.1. The molecule has 0 saturated heterocycles. The predicted octanol–water partition coefficient (Wildman–Crippen LogP) is 3.31. The van der Waals surface area contributed by atoms with Crippen molar-refractivity contribution in [1.29, 1.82) is 0 Å². The number of carbonyl (C=O) groups excluding carboxylic acids is 2. The number of amides is 3. The molecule has 0 aromatic heterocycles. The molecule has 0 radical (unpaired) electrons. The summed E-state index contributed by atoms with van der Waals surface area (Å²) in [4.78, 5) is 25.0. The highest BCUT2D eigenvalue weighted by atomic mass is 19.2. The highest BCUT2D eigenvalue weighted by Crippen LogP contribution is 2.18. The maximum Gasteiger partial charge on any atom is 0.319 e. The van der Waals surface area contributed by atoms with Crippen molar-refractivity contribution in [2.75, 3.05) is 26.0 Å². The summed E-state index contributed by atoms with van der Waals surface area (Å²) in [6.07, 6.45) is 0. The predicted molar refractivity (Wildman–Crippen MR) is 97.6 cm³/mol. The first-order chi connectivity index (χ1) is 12.8. The molecule has 2 aromatic carbocycles. The Morgan fingerprint density at radius 3 is 2.33 bits per heavy atom. The third kappa shape index (κ3) is 5.95. The molecule has 0 aliphatic heterocycles. The summed E-state index contributed by atoms with van der Waals surface area (Å²) < 4.78 is 31.6. The van der Waals surface area contributed by atoms with Gasteiger partial charge in [0.25, 0.3) is 5.91 Å². The van der Waals surface area contributed by atoms with E-state index in [0.717, 1.165) is 12.1 Å². The molecule has 0 bridgehead atoms. The molecule has 0 spiro atoms. The monoisotopic (exact) mass is 377 g/mol. The number of hydrogen-bond donors (Lipinski definition) is 2. The number of halogens is 2. The first kappa shape index (κ1) is 20.2. The Morgan fingerprint density at radius 1 is 1.07 bits per heavy atom. The smallest absolute Gasteiger partial charge is 0.319 e. The zero-order valence-corrected chi connectivity index (χ0v) is 15.3. The fourth-order valence-electron chi connectivity index (χ4n) is 2.14. The molecule has 144 valence electrons. The molecular formula is C19H21F2N3O3. The molecule has 27 heavy (non-hydrogen) atoms. The molecule has 2 N–H and O–H groups in total. The van der Waals surface area contributed by atoms with Crippen molar-refractivity contribution in [2.24, 2.45) is 0 Å². The van der Waals surface area contributed by atoms with Crippen LogP contribution >= 0.6 is 0 Å². The van der Waals surface area contributed by atoms with Gasteiger partial charge < -0.3 is 20.3 Å². The molecule has 2 aromatic rings. The van der Waals surface area contributed by atoms with E-state index in [1.54, 1.807) is 45.3 Å². The fourth-order valence-corrected chi connectivity index (χ4v) is 2.14. The standard InChI is InChI=1S/C19H21F2N3O3/c1-12(13-4-9-16(20)17(21)10-13)22-19(26)23-14-5-7-15(8-6-14)27-11-18(25)24(2)3/h4-10,12H,11H2,1-3H3,(H2,22,23,26)/t12-/m0/s1. The van der Waals surface area contributed by atoms with Gasteiger partial charge in [-0.15, -0.1) is 0 Å². The highest BCUT2D eigenvalue weighted by Gasteiger charge is 2.12. The third-order valence-corrected chi connectivity index (χ3v) is 3.76. The Balaban J connectivity index is 1.87. The van der Waals surface area contributed by atoms with E-state index in [-0.39, 0.29) is 12.5 Å². The molecule has 1 atom stereocenters. The van der Waals surface area contributed by atoms with Crippen LogP contribution in [-0.4, -0.2) is 37.5 Å². The highest BCUT2D eigenvalue weighted by molar-refractivity contribution is 5.89. The van der Waals surface area contributed by atoms with Crippen molar-refractivity contribution in [3.05, 3.63) is 59.7 Å². The molecule has 8 heteroatoms. The van der Waals surface area contributed by atoms with Gasteiger partial charge in [0, 0.05) is 19.8 Å². The number of benzene rings is 2. The molecule has 0 fully saturated rings. The van der Waals surface area contributed by atoms with Crippen LogP contribution in [0.2, 0.25) is 0 Å². The van der Waals surface area contributed by atoms with E-state index in [9.17, 15) is 18.4 Å². The topological polar surface area (TPSA) is 70.7 Å². The van der Waals surface area contributed by atoms with Crippen LogP contribution in [0.3, 0.4) is 0 Å². The number of ether oxygens (including phenoxy) is 1. The van der Waals surface area contributed by atoms with E-state index in [4.69, 9.17) is 4.74 Å². The van der Waals surface area contributed by atoms with Crippen molar-refractivity contribution >= 4 is 17.6 Å². The maximum absolute atomic E-state index is 13.3. The van der Waals surface area contributed by atoms with Crippen LogP contribution in [0.15, 0.2) is 42.5 Å². The largest absolute Gasteiger partial charge is 0.484 e. The maximum atomic E-state index is 13.3. The number of carbonyl (C=O) groups is 2. The lowest BCUT2D eigenvalue weighted by Gasteiger charge is -2.15. The second-order valence-corrected chi connectivity index (χ2v) is 6.09. The summed E-state index contributed by atoms with van der Waals surface area (Å²) in [5, 5.41) is 5.27. The Morgan fingerprint density at radius 2 is 1.74 bits per heavy atom. The molecular weight excluding hydrogens is 356 g/mol. The number of rotatable bonds is 6. The lowest BCUT2D eigenvalue weighted by molar-refractivity contribution is -0.130. The molecule has 3 amide bonds. The molecule has 2 rings (SSSR count). The number of urea groups is 1. The number of likely N-dealkylation sites (N-methyl/N-ethyl adjacent to an activating group) is 1. The second-order valence-electron chi connectivity index (χ2n) is 6.09. The molecule has 0 saturated carbocycles. The first-order valence-electron chi connectivity index (χ1n) is 8.21. The summed E-state index contributed by atoms with van der Waals surface area (Å²) in [6, 6.07) is 8.94. The van der Waals surface area contributed by atoms with E-state index in [0.29, 0.717) is 17.0 Å². The Kier molecular flexibility index (Phi) is 6.70. The Bertz CT molecular complexity index is 810. The van der Waals surface area contributed by atoms with Crippen LogP contribution in [-0.2, 0) is 4.79 Å². The SMILES string of the molecule is C[C@H](NC(=O)Nc1ccc(OCC(=O)N(C)C)cc1)c1ccc(F)c(F)c1. The molecule has 0 aliphatic carbocycles. The van der Waals surface area contributed by atoms with Crippen molar-refractivity contribution in [2.45, 2.75) is 13.0 Å². The van der Waals surface area contributed by atoms with Crippen molar-refractivity contribution in [1.82, 2.24) is 10.2 Å². The lowest BCUT2D eigenvalue weighted by Crippen LogP contribution is -2.31. The second kappa shape index (κ2) is 8.98. The Hall–Kier alpha value is -3.16. The van der Waals surface area contributed by atoms with Gasteiger partial charge in [-0.05, 0) is 48.9 Å². The first-order valence-corrected chi connectivity index (χ1v) is 8.21. The van der Waals surface area contributed by atoms with Crippen LogP contribution in [0.5, 0.6) is 5.75 Å². The minimum Gasteiger partial charge on any atom is -0.484 e. The molecule has 0 aliphatic rings. The summed E-state index contributed by atoms with van der Waals surface area (Å²) >= 11 is 0. The van der Waals surface area contributed by atoms with Gasteiger partial charge in [-0.2, -0.15) is 0 Å². The van der Waals surface area contributed by atoms with E-state index in [1.807, 2.05) is 0 Å². The van der Waals surface area contributed by atoms with Crippen LogP contribution in [0.4, 0.5) is 19.3 Å². The average molecular weight is 377 g/mol. The van der Waals surface area contributed by atoms with E-state index >= 15 is 0 Å². The van der Waals surface area contributed by atoms with Gasteiger partial charge in [0.2, 0.25) is 0 Å². The Labute approximate surface area is 156 Å². The van der Waals surface area contributed by atoms with Crippen LogP contribution in [0.1, 0.15) is 18.5 Å². The van der Waals surface area contributed by atoms with E-state index in [1.165, 1.54) is 11.0 Å². The quantitative estimate of drug-likeness (QED) is 0.811. The zero-order chi connectivity index (χ0) is 20.0. The average Bonchev–Trinajstić information content (AvgIpc) is 2.62. The fraction of sp³-hybridized carbons (Fsp3) is 0.263. The number of hydrogen-bond acceptors (Lipinski definition) is 3. The van der Waals surface area contributed by atoms with Crippen molar-refractivity contribution in [3.63, 3.8) is 0 Å².